The SMILES string of the molecule is CCCCNC1CC(C)(C)N(c2ncnc(N3C(C)(C)CC(NCCCC)CC3(C)C)n2)C(C)(C)C1. The van der Waals surface area contributed by atoms with Gasteiger partial charge in [-0.2, -0.15) is 4.98 Å². The molecule has 0 unspecified atom stereocenters. The lowest BCUT2D eigenvalue weighted by atomic mass is 9.77. The zero-order chi connectivity index (χ0) is 26.8. The molecule has 0 atom stereocenters. The van der Waals surface area contributed by atoms with Crippen molar-refractivity contribution in [2.75, 3.05) is 22.9 Å². The molecule has 3 rings (SSSR count). The lowest BCUT2D eigenvalue weighted by Crippen LogP contribution is -2.66. The lowest BCUT2D eigenvalue weighted by Gasteiger charge is -2.56. The normalized spacial score (nSPS) is 23.7. The number of aromatic nitrogens is 3. The third-order valence-corrected chi connectivity index (χ3v) is 8.28. The van der Waals surface area contributed by atoms with E-state index in [1.807, 2.05) is 0 Å². The lowest BCUT2D eigenvalue weighted by molar-refractivity contribution is 0.189. The number of nitrogens with one attached hydrogen (secondary N) is 2. The summed E-state index contributed by atoms with van der Waals surface area (Å²) in [7, 11) is 0. The Morgan fingerprint density at radius 3 is 1.31 bits per heavy atom. The fourth-order valence-electron chi connectivity index (χ4n) is 7.39. The molecule has 1 aromatic heterocycles. The second-order valence-corrected chi connectivity index (χ2v) is 13.8. The van der Waals surface area contributed by atoms with E-state index in [0.29, 0.717) is 12.1 Å². The molecule has 3 heterocycles. The highest BCUT2D eigenvalue weighted by Crippen LogP contribution is 2.43. The van der Waals surface area contributed by atoms with Crippen LogP contribution in [0.3, 0.4) is 0 Å². The Balaban J connectivity index is 1.87. The highest BCUT2D eigenvalue weighted by molar-refractivity contribution is 5.47. The monoisotopic (exact) mass is 501 g/mol. The van der Waals surface area contributed by atoms with E-state index in [2.05, 4.69) is 89.7 Å². The van der Waals surface area contributed by atoms with Gasteiger partial charge in [-0.1, -0.05) is 26.7 Å². The molecule has 0 spiro atoms. The van der Waals surface area contributed by atoms with Gasteiger partial charge in [-0.25, -0.2) is 9.97 Å². The number of unbranched alkanes of at least 4 members (excludes halogenated alkanes) is 2. The maximum absolute atomic E-state index is 5.19. The minimum atomic E-state index is -0.0640. The van der Waals surface area contributed by atoms with Gasteiger partial charge in [0.2, 0.25) is 11.9 Å². The molecule has 0 radical (unpaired) electrons. The summed E-state index contributed by atoms with van der Waals surface area (Å²) in [6.07, 6.45) is 11.0. The molecule has 2 aliphatic heterocycles. The molecule has 7 heteroatoms. The van der Waals surface area contributed by atoms with Gasteiger partial charge in [0, 0.05) is 34.2 Å². The van der Waals surface area contributed by atoms with Crippen LogP contribution in [0.25, 0.3) is 0 Å². The fraction of sp³-hybridized carbons (Fsp3) is 0.897. The Morgan fingerprint density at radius 1 is 0.667 bits per heavy atom. The summed E-state index contributed by atoms with van der Waals surface area (Å²) in [6.45, 7) is 25.4. The molecular formula is C29H55N7. The minimum absolute atomic E-state index is 0.0640. The van der Waals surface area contributed by atoms with Crippen LogP contribution in [0, 0.1) is 0 Å². The van der Waals surface area contributed by atoms with Gasteiger partial charge in [0.1, 0.15) is 6.33 Å². The molecule has 36 heavy (non-hydrogen) atoms. The Bertz CT molecular complexity index is 747. The number of anilines is 2. The van der Waals surface area contributed by atoms with Crippen LogP contribution < -0.4 is 20.4 Å². The van der Waals surface area contributed by atoms with Gasteiger partial charge in [-0.05, 0) is 107 Å². The molecule has 0 aromatic carbocycles. The maximum Gasteiger partial charge on any atom is 0.231 e. The third-order valence-electron chi connectivity index (χ3n) is 8.28. The Labute approximate surface area is 221 Å². The van der Waals surface area contributed by atoms with E-state index in [9.17, 15) is 0 Å². The Morgan fingerprint density at radius 2 is 1.00 bits per heavy atom. The number of hydrogen-bond donors (Lipinski definition) is 2. The van der Waals surface area contributed by atoms with Crippen LogP contribution in [-0.4, -0.2) is 62.3 Å². The van der Waals surface area contributed by atoms with Gasteiger partial charge in [-0.3, -0.25) is 0 Å². The van der Waals surface area contributed by atoms with Gasteiger partial charge in [-0.15, -0.1) is 0 Å². The van der Waals surface area contributed by atoms with E-state index >= 15 is 0 Å². The second kappa shape index (κ2) is 11.1. The minimum Gasteiger partial charge on any atom is -0.330 e. The smallest absolute Gasteiger partial charge is 0.231 e. The molecule has 0 amide bonds. The number of hydrogen-bond acceptors (Lipinski definition) is 7. The van der Waals surface area contributed by atoms with E-state index in [4.69, 9.17) is 15.0 Å². The van der Waals surface area contributed by atoms with Gasteiger partial charge in [0.15, 0.2) is 0 Å². The molecule has 7 nitrogen and oxygen atoms in total. The van der Waals surface area contributed by atoms with Crippen molar-refractivity contribution in [3.05, 3.63) is 6.33 Å². The van der Waals surface area contributed by atoms with E-state index in [1.165, 1.54) is 25.7 Å². The first kappa shape index (κ1) is 29.1. The van der Waals surface area contributed by atoms with E-state index in [0.717, 1.165) is 50.7 Å². The van der Waals surface area contributed by atoms with Gasteiger partial charge < -0.3 is 20.4 Å². The van der Waals surface area contributed by atoms with E-state index in [-0.39, 0.29) is 22.2 Å². The summed E-state index contributed by atoms with van der Waals surface area (Å²) in [4.78, 5) is 19.6. The second-order valence-electron chi connectivity index (χ2n) is 13.8. The first-order valence-electron chi connectivity index (χ1n) is 14.5. The summed E-state index contributed by atoms with van der Waals surface area (Å²) in [5.74, 6) is 1.61. The fourth-order valence-corrected chi connectivity index (χ4v) is 7.39. The van der Waals surface area contributed by atoms with Crippen LogP contribution >= 0.6 is 0 Å². The van der Waals surface area contributed by atoms with E-state index in [1.54, 1.807) is 6.33 Å². The van der Waals surface area contributed by atoms with Crippen LogP contribution in [0.1, 0.15) is 121 Å². The van der Waals surface area contributed by atoms with Gasteiger partial charge in [0.05, 0.1) is 0 Å². The summed E-state index contributed by atoms with van der Waals surface area (Å²) < 4.78 is 0. The third kappa shape index (κ3) is 6.50. The van der Waals surface area contributed by atoms with Gasteiger partial charge in [0.25, 0.3) is 0 Å². The zero-order valence-corrected chi connectivity index (χ0v) is 25.0. The van der Waals surface area contributed by atoms with Gasteiger partial charge >= 0.3 is 0 Å². The molecule has 0 saturated carbocycles. The molecule has 2 fully saturated rings. The Hall–Kier alpha value is -1.47. The molecular weight excluding hydrogens is 446 g/mol. The van der Waals surface area contributed by atoms with Crippen molar-refractivity contribution in [1.82, 2.24) is 25.6 Å². The van der Waals surface area contributed by atoms with Crippen molar-refractivity contribution in [2.45, 2.75) is 155 Å². The van der Waals surface area contributed by atoms with Crippen molar-refractivity contribution in [1.29, 1.82) is 0 Å². The number of nitrogens with zero attached hydrogens (tertiary/aromatic N) is 5. The highest BCUT2D eigenvalue weighted by atomic mass is 15.4. The average molecular weight is 502 g/mol. The molecule has 1 aromatic rings. The predicted octanol–water partition coefficient (Wildman–Crippen LogP) is 5.70. The molecule has 206 valence electrons. The largest absolute Gasteiger partial charge is 0.330 e. The molecule has 2 N–H and O–H groups in total. The average Bonchev–Trinajstić information content (AvgIpc) is 2.71. The van der Waals surface area contributed by atoms with Crippen molar-refractivity contribution in [3.63, 3.8) is 0 Å². The molecule has 2 saturated heterocycles. The molecule has 0 aliphatic carbocycles. The summed E-state index contributed by atoms with van der Waals surface area (Å²) in [5.41, 5.74) is -0.256. The summed E-state index contributed by atoms with van der Waals surface area (Å²) in [5, 5.41) is 7.64. The van der Waals surface area contributed by atoms with Crippen LogP contribution in [0.15, 0.2) is 6.33 Å². The summed E-state index contributed by atoms with van der Waals surface area (Å²) >= 11 is 0. The van der Waals surface area contributed by atoms with Crippen LogP contribution in [0.2, 0.25) is 0 Å². The first-order chi connectivity index (χ1) is 16.7. The zero-order valence-electron chi connectivity index (χ0n) is 25.0. The van der Waals surface area contributed by atoms with Crippen molar-refractivity contribution in [2.24, 2.45) is 0 Å². The van der Waals surface area contributed by atoms with Crippen molar-refractivity contribution >= 4 is 11.9 Å². The topological polar surface area (TPSA) is 69.2 Å². The molecule has 0 bridgehead atoms. The first-order valence-corrected chi connectivity index (χ1v) is 14.5. The summed E-state index contributed by atoms with van der Waals surface area (Å²) in [6, 6.07) is 1.02. The van der Waals surface area contributed by atoms with Crippen LogP contribution in [0.5, 0.6) is 0 Å². The highest BCUT2D eigenvalue weighted by Gasteiger charge is 2.49. The van der Waals surface area contributed by atoms with Crippen molar-refractivity contribution in [3.8, 4) is 0 Å². The number of piperidine rings is 2. The molecule has 2 aliphatic rings. The maximum atomic E-state index is 5.19. The van der Waals surface area contributed by atoms with Crippen molar-refractivity contribution < 1.29 is 0 Å². The standard InChI is InChI=1S/C29H55N7/c1-11-13-15-30-22-17-26(3,4)35(27(5,6)18-22)24-32-21-33-25(34-24)36-28(7,8)19-23(20-29(36,9)10)31-16-14-12-2/h21-23,30-31H,11-20H2,1-10H3. The van der Waals surface area contributed by atoms with E-state index < -0.39 is 0 Å². The quantitative estimate of drug-likeness (QED) is 0.398. The van der Waals surface area contributed by atoms with Crippen LogP contribution in [0.4, 0.5) is 11.9 Å². The van der Waals surface area contributed by atoms with Crippen LogP contribution in [-0.2, 0) is 0 Å². The predicted molar refractivity (Wildman–Crippen MR) is 153 cm³/mol. The Kier molecular flexibility index (Phi) is 8.97. The number of rotatable bonds is 10.